The normalized spacial score (nSPS) is 17.3. The summed E-state index contributed by atoms with van der Waals surface area (Å²) < 4.78 is 5.40. The van der Waals surface area contributed by atoms with Gasteiger partial charge < -0.3 is 9.84 Å². The van der Waals surface area contributed by atoms with Crippen LogP contribution in [0.5, 0.6) is 5.75 Å². The maximum absolute atomic E-state index is 9.85. The fourth-order valence-corrected chi connectivity index (χ4v) is 3.16. The van der Waals surface area contributed by atoms with Crippen LogP contribution in [0.2, 0.25) is 0 Å². The molecular weight excluding hydrogens is 286 g/mol. The highest BCUT2D eigenvalue weighted by atomic mass is 16.5. The average Bonchev–Trinajstić information content (AvgIpc) is 2.61. The Morgan fingerprint density at radius 3 is 2.70 bits per heavy atom. The summed E-state index contributed by atoms with van der Waals surface area (Å²) in [6.45, 7) is 2.20. The second kappa shape index (κ2) is 7.32. The van der Waals surface area contributed by atoms with Crippen LogP contribution in [0.3, 0.4) is 0 Å². The summed E-state index contributed by atoms with van der Waals surface area (Å²) in [6, 6.07) is 16.5. The molecule has 23 heavy (non-hydrogen) atoms. The van der Waals surface area contributed by atoms with E-state index in [1.807, 2.05) is 18.2 Å². The van der Waals surface area contributed by atoms with Crippen molar-refractivity contribution in [2.45, 2.75) is 19.0 Å². The van der Waals surface area contributed by atoms with Gasteiger partial charge in [0.05, 0.1) is 12.6 Å². The molecule has 2 aromatic rings. The number of hydrogen-bond acceptors (Lipinski definition) is 3. The Morgan fingerprint density at radius 1 is 1.17 bits per heavy atom. The van der Waals surface area contributed by atoms with Crippen molar-refractivity contribution < 1.29 is 9.84 Å². The molecule has 0 saturated carbocycles. The van der Waals surface area contributed by atoms with E-state index in [0.29, 0.717) is 0 Å². The van der Waals surface area contributed by atoms with Crippen molar-refractivity contribution in [2.75, 3.05) is 19.8 Å². The molecule has 0 bridgehead atoms. The molecule has 1 atom stereocenters. The monoisotopic (exact) mass is 307 g/mol. The van der Waals surface area contributed by atoms with Crippen LogP contribution in [-0.2, 0) is 13.0 Å². The van der Waals surface area contributed by atoms with Crippen LogP contribution >= 0.6 is 0 Å². The van der Waals surface area contributed by atoms with Gasteiger partial charge in [0, 0.05) is 13.1 Å². The first kappa shape index (κ1) is 15.6. The molecule has 0 aliphatic carbocycles. The van der Waals surface area contributed by atoms with Gasteiger partial charge in [-0.05, 0) is 35.2 Å². The molecule has 1 heterocycles. The summed E-state index contributed by atoms with van der Waals surface area (Å²) in [6.07, 6.45) is 6.22. The highest BCUT2D eigenvalue weighted by Gasteiger charge is 2.26. The minimum absolute atomic E-state index is 0.0670. The number of aliphatic hydroxyl groups is 1. The second-order valence-corrected chi connectivity index (χ2v) is 5.75. The van der Waals surface area contributed by atoms with Crippen molar-refractivity contribution in [2.24, 2.45) is 0 Å². The van der Waals surface area contributed by atoms with Crippen LogP contribution in [0, 0.1) is 12.3 Å². The van der Waals surface area contributed by atoms with E-state index in [1.165, 1.54) is 16.7 Å². The third kappa shape index (κ3) is 3.56. The number of ether oxygens (including phenoxy) is 1. The van der Waals surface area contributed by atoms with Crippen molar-refractivity contribution in [1.29, 1.82) is 0 Å². The number of terminal acetylenes is 1. The van der Waals surface area contributed by atoms with E-state index >= 15 is 0 Å². The zero-order valence-electron chi connectivity index (χ0n) is 13.1. The van der Waals surface area contributed by atoms with Gasteiger partial charge in [0.2, 0.25) is 0 Å². The molecule has 0 spiro atoms. The molecule has 0 fully saturated rings. The van der Waals surface area contributed by atoms with Gasteiger partial charge in [0.25, 0.3) is 0 Å². The standard InChI is InChI=1S/C20H21NO2/c1-2-13-23-18-9-7-16(8-10-18)14-21-12-11-17-5-3-4-6-19(17)20(21)15-22/h1,3-10,20,22H,11-15H2. The maximum atomic E-state index is 9.85. The summed E-state index contributed by atoms with van der Waals surface area (Å²) >= 11 is 0. The van der Waals surface area contributed by atoms with Crippen LogP contribution in [0.15, 0.2) is 48.5 Å². The first-order valence-corrected chi connectivity index (χ1v) is 7.89. The van der Waals surface area contributed by atoms with Crippen LogP contribution in [-0.4, -0.2) is 29.8 Å². The summed E-state index contributed by atoms with van der Waals surface area (Å²) in [5.74, 6) is 3.25. The Kier molecular flexibility index (Phi) is 4.97. The van der Waals surface area contributed by atoms with Gasteiger partial charge in [-0.2, -0.15) is 0 Å². The molecule has 1 aliphatic rings. The van der Waals surface area contributed by atoms with Gasteiger partial charge in [-0.25, -0.2) is 0 Å². The molecule has 3 heteroatoms. The summed E-state index contributed by atoms with van der Waals surface area (Å²) in [7, 11) is 0. The average molecular weight is 307 g/mol. The smallest absolute Gasteiger partial charge is 0.148 e. The highest BCUT2D eigenvalue weighted by molar-refractivity contribution is 5.33. The highest BCUT2D eigenvalue weighted by Crippen LogP contribution is 2.30. The summed E-state index contributed by atoms with van der Waals surface area (Å²) in [5, 5.41) is 9.85. The Labute approximate surface area is 137 Å². The molecule has 1 N–H and O–H groups in total. The Morgan fingerprint density at radius 2 is 1.96 bits per heavy atom. The van der Waals surface area contributed by atoms with Crippen LogP contribution in [0.4, 0.5) is 0 Å². The molecular formula is C20H21NO2. The molecule has 3 nitrogen and oxygen atoms in total. The molecule has 1 aliphatic heterocycles. The van der Waals surface area contributed by atoms with Gasteiger partial charge in [-0.3, -0.25) is 4.90 Å². The maximum Gasteiger partial charge on any atom is 0.148 e. The zero-order valence-corrected chi connectivity index (χ0v) is 13.1. The summed E-state index contributed by atoms with van der Waals surface area (Å²) in [5.41, 5.74) is 3.80. The SMILES string of the molecule is C#CCOc1ccc(CN2CCc3ccccc3C2CO)cc1. The van der Waals surface area contributed by atoms with Gasteiger partial charge in [-0.1, -0.05) is 42.3 Å². The number of aliphatic hydroxyl groups excluding tert-OH is 1. The minimum atomic E-state index is 0.0670. The first-order chi connectivity index (χ1) is 11.3. The lowest BCUT2D eigenvalue weighted by Gasteiger charge is -2.36. The minimum Gasteiger partial charge on any atom is -0.481 e. The fourth-order valence-electron chi connectivity index (χ4n) is 3.16. The molecule has 1 unspecified atom stereocenters. The Balaban J connectivity index is 1.71. The number of rotatable bonds is 5. The lowest BCUT2D eigenvalue weighted by atomic mass is 9.92. The third-order valence-electron chi connectivity index (χ3n) is 4.33. The Bertz CT molecular complexity index is 688. The van der Waals surface area contributed by atoms with E-state index in [4.69, 9.17) is 11.2 Å². The van der Waals surface area contributed by atoms with Crippen LogP contribution < -0.4 is 4.74 Å². The largest absolute Gasteiger partial charge is 0.481 e. The molecule has 0 saturated heterocycles. The van der Waals surface area contributed by atoms with Crippen molar-refractivity contribution >= 4 is 0 Å². The fraction of sp³-hybridized carbons (Fsp3) is 0.300. The Hall–Kier alpha value is -2.28. The van der Waals surface area contributed by atoms with E-state index in [-0.39, 0.29) is 19.3 Å². The third-order valence-corrected chi connectivity index (χ3v) is 4.33. The van der Waals surface area contributed by atoms with Crippen LogP contribution in [0.1, 0.15) is 22.7 Å². The molecule has 3 rings (SSSR count). The first-order valence-electron chi connectivity index (χ1n) is 7.89. The van der Waals surface area contributed by atoms with E-state index in [9.17, 15) is 5.11 Å². The van der Waals surface area contributed by atoms with E-state index in [2.05, 4.69) is 41.2 Å². The van der Waals surface area contributed by atoms with Gasteiger partial charge in [-0.15, -0.1) is 6.42 Å². The van der Waals surface area contributed by atoms with Gasteiger partial charge in [0.1, 0.15) is 12.4 Å². The second-order valence-electron chi connectivity index (χ2n) is 5.75. The van der Waals surface area contributed by atoms with E-state index in [0.717, 1.165) is 25.3 Å². The molecule has 0 aromatic heterocycles. The summed E-state index contributed by atoms with van der Waals surface area (Å²) in [4.78, 5) is 2.33. The van der Waals surface area contributed by atoms with Crippen molar-refractivity contribution in [3.63, 3.8) is 0 Å². The number of nitrogens with zero attached hydrogens (tertiary/aromatic N) is 1. The number of fused-ring (bicyclic) bond motifs is 1. The van der Waals surface area contributed by atoms with Crippen molar-refractivity contribution in [3.05, 3.63) is 65.2 Å². The lowest BCUT2D eigenvalue weighted by Crippen LogP contribution is -2.36. The zero-order chi connectivity index (χ0) is 16.1. The molecule has 0 radical (unpaired) electrons. The van der Waals surface area contributed by atoms with Crippen LogP contribution in [0.25, 0.3) is 0 Å². The van der Waals surface area contributed by atoms with Crippen molar-refractivity contribution in [3.8, 4) is 18.1 Å². The van der Waals surface area contributed by atoms with Crippen molar-refractivity contribution in [1.82, 2.24) is 4.90 Å². The number of benzene rings is 2. The predicted molar refractivity (Wildman–Crippen MR) is 91.2 cm³/mol. The van der Waals surface area contributed by atoms with Gasteiger partial charge >= 0.3 is 0 Å². The molecule has 118 valence electrons. The van der Waals surface area contributed by atoms with Gasteiger partial charge in [0.15, 0.2) is 0 Å². The quantitative estimate of drug-likeness (QED) is 0.862. The lowest BCUT2D eigenvalue weighted by molar-refractivity contribution is 0.108. The molecule has 0 amide bonds. The molecule has 2 aromatic carbocycles. The van der Waals surface area contributed by atoms with E-state index in [1.54, 1.807) is 0 Å². The van der Waals surface area contributed by atoms with E-state index < -0.39 is 0 Å². The topological polar surface area (TPSA) is 32.7 Å². The number of hydrogen-bond donors (Lipinski definition) is 1. The predicted octanol–water partition coefficient (Wildman–Crippen LogP) is 2.79.